The fourth-order valence-corrected chi connectivity index (χ4v) is 2.06. The van der Waals surface area contributed by atoms with E-state index in [0.29, 0.717) is 5.39 Å². The molecule has 0 aliphatic rings. The Morgan fingerprint density at radius 2 is 1.81 bits per heavy atom. The lowest BCUT2D eigenvalue weighted by molar-refractivity contribution is -0.137. The Hall–Kier alpha value is -2.56. The van der Waals surface area contributed by atoms with Crippen LogP contribution in [0, 0.1) is 0 Å². The van der Waals surface area contributed by atoms with E-state index in [1.165, 1.54) is 17.9 Å². The number of phenolic OH excluding ortho intramolecular Hbond substituents is 1. The number of carbonyl (C=O) groups is 2. The van der Waals surface area contributed by atoms with Crippen LogP contribution in [0.25, 0.3) is 10.8 Å². The minimum atomic E-state index is -0.904. The van der Waals surface area contributed by atoms with Gasteiger partial charge in [0, 0.05) is 19.5 Å². The quantitative estimate of drug-likeness (QED) is 0.879. The summed E-state index contributed by atoms with van der Waals surface area (Å²) in [5.74, 6) is -1.17. The SMILES string of the molecule is C[C@@H](OC(=O)c1ccc2ccccc2c1O)C(=O)N(C)C. The predicted octanol–water partition coefficient (Wildman–Crippen LogP) is 2.18. The Bertz CT molecular complexity index is 694. The highest BCUT2D eigenvalue weighted by Gasteiger charge is 2.22. The molecule has 5 nitrogen and oxygen atoms in total. The second-order valence-electron chi connectivity index (χ2n) is 4.96. The van der Waals surface area contributed by atoms with Gasteiger partial charge in [-0.25, -0.2) is 4.79 Å². The van der Waals surface area contributed by atoms with Crippen molar-refractivity contribution in [2.45, 2.75) is 13.0 Å². The molecule has 0 aromatic heterocycles. The first-order chi connectivity index (χ1) is 9.91. The number of hydrogen-bond acceptors (Lipinski definition) is 4. The van der Waals surface area contributed by atoms with Crippen LogP contribution >= 0.6 is 0 Å². The summed E-state index contributed by atoms with van der Waals surface area (Å²) < 4.78 is 5.10. The second-order valence-corrected chi connectivity index (χ2v) is 4.96. The summed E-state index contributed by atoms with van der Waals surface area (Å²) in [5, 5.41) is 11.6. The van der Waals surface area contributed by atoms with Crippen molar-refractivity contribution in [3.05, 3.63) is 42.0 Å². The molecule has 2 aromatic rings. The average molecular weight is 287 g/mol. The van der Waals surface area contributed by atoms with E-state index >= 15 is 0 Å². The summed E-state index contributed by atoms with van der Waals surface area (Å²) >= 11 is 0. The minimum Gasteiger partial charge on any atom is -0.506 e. The molecule has 0 bridgehead atoms. The summed E-state index contributed by atoms with van der Waals surface area (Å²) in [7, 11) is 3.17. The lowest BCUT2D eigenvalue weighted by Gasteiger charge is -2.17. The van der Waals surface area contributed by atoms with E-state index < -0.39 is 12.1 Å². The molecule has 0 aliphatic carbocycles. The van der Waals surface area contributed by atoms with Crippen LogP contribution in [-0.2, 0) is 9.53 Å². The van der Waals surface area contributed by atoms with Crippen LogP contribution in [0.5, 0.6) is 5.75 Å². The van der Waals surface area contributed by atoms with Crippen molar-refractivity contribution in [2.75, 3.05) is 14.1 Å². The molecule has 0 spiro atoms. The zero-order chi connectivity index (χ0) is 15.6. The lowest BCUT2D eigenvalue weighted by Crippen LogP contribution is -2.34. The van der Waals surface area contributed by atoms with Gasteiger partial charge in [0.05, 0.1) is 0 Å². The zero-order valence-corrected chi connectivity index (χ0v) is 12.2. The maximum Gasteiger partial charge on any atom is 0.342 e. The Kier molecular flexibility index (Phi) is 4.12. The summed E-state index contributed by atoms with van der Waals surface area (Å²) in [6.45, 7) is 1.50. The van der Waals surface area contributed by atoms with Gasteiger partial charge in [-0.1, -0.05) is 30.3 Å². The minimum absolute atomic E-state index is 0.0482. The largest absolute Gasteiger partial charge is 0.506 e. The fourth-order valence-electron chi connectivity index (χ4n) is 2.06. The highest BCUT2D eigenvalue weighted by atomic mass is 16.5. The molecule has 5 heteroatoms. The average Bonchev–Trinajstić information content (AvgIpc) is 2.46. The molecule has 2 aromatic carbocycles. The van der Waals surface area contributed by atoms with Crippen LogP contribution in [0.4, 0.5) is 0 Å². The zero-order valence-electron chi connectivity index (χ0n) is 12.2. The number of benzene rings is 2. The van der Waals surface area contributed by atoms with E-state index in [1.807, 2.05) is 12.1 Å². The van der Waals surface area contributed by atoms with E-state index in [9.17, 15) is 14.7 Å². The molecule has 0 unspecified atom stereocenters. The van der Waals surface area contributed by atoms with Crippen molar-refractivity contribution in [3.63, 3.8) is 0 Å². The Morgan fingerprint density at radius 3 is 2.48 bits per heavy atom. The molecule has 1 N–H and O–H groups in total. The van der Waals surface area contributed by atoms with Crippen LogP contribution in [0.3, 0.4) is 0 Å². The Labute approximate surface area is 122 Å². The Balaban J connectivity index is 2.28. The van der Waals surface area contributed by atoms with Gasteiger partial charge in [-0.15, -0.1) is 0 Å². The first-order valence-electron chi connectivity index (χ1n) is 6.54. The van der Waals surface area contributed by atoms with Crippen molar-refractivity contribution in [2.24, 2.45) is 0 Å². The third-order valence-corrected chi connectivity index (χ3v) is 3.19. The fraction of sp³-hybridized carbons (Fsp3) is 0.250. The number of amides is 1. The van der Waals surface area contributed by atoms with Gasteiger partial charge < -0.3 is 14.7 Å². The van der Waals surface area contributed by atoms with Gasteiger partial charge in [-0.2, -0.15) is 0 Å². The van der Waals surface area contributed by atoms with Gasteiger partial charge in [0.15, 0.2) is 6.10 Å². The molecule has 1 atom stereocenters. The molecule has 0 saturated carbocycles. The first kappa shape index (κ1) is 14.8. The third-order valence-electron chi connectivity index (χ3n) is 3.19. The molecule has 0 fully saturated rings. The first-order valence-corrected chi connectivity index (χ1v) is 6.54. The van der Waals surface area contributed by atoms with Gasteiger partial charge in [-0.05, 0) is 18.4 Å². The van der Waals surface area contributed by atoms with Gasteiger partial charge in [0.1, 0.15) is 11.3 Å². The maximum absolute atomic E-state index is 12.1. The van der Waals surface area contributed by atoms with E-state index in [-0.39, 0.29) is 17.2 Å². The van der Waals surface area contributed by atoms with E-state index in [1.54, 1.807) is 32.3 Å². The molecule has 110 valence electrons. The van der Waals surface area contributed by atoms with E-state index in [4.69, 9.17) is 4.74 Å². The van der Waals surface area contributed by atoms with E-state index in [2.05, 4.69) is 0 Å². The number of fused-ring (bicyclic) bond motifs is 1. The molecule has 2 rings (SSSR count). The maximum atomic E-state index is 12.1. The molecule has 21 heavy (non-hydrogen) atoms. The third kappa shape index (κ3) is 2.97. The van der Waals surface area contributed by atoms with Crippen LogP contribution in [0.2, 0.25) is 0 Å². The Morgan fingerprint density at radius 1 is 1.14 bits per heavy atom. The standard InChI is InChI=1S/C16H17NO4/c1-10(15(19)17(2)3)21-16(20)13-9-8-11-6-4-5-7-12(11)14(13)18/h4-10,18H,1-3H3/t10-/m1/s1. The highest BCUT2D eigenvalue weighted by Crippen LogP contribution is 2.29. The highest BCUT2D eigenvalue weighted by molar-refractivity contribution is 6.01. The monoisotopic (exact) mass is 287 g/mol. The molecule has 0 radical (unpaired) electrons. The molecule has 0 aliphatic heterocycles. The molecule has 0 saturated heterocycles. The van der Waals surface area contributed by atoms with Gasteiger partial charge >= 0.3 is 5.97 Å². The number of carbonyl (C=O) groups excluding carboxylic acids is 2. The molecular weight excluding hydrogens is 270 g/mol. The van der Waals surface area contributed by atoms with Crippen molar-refractivity contribution < 1.29 is 19.4 Å². The summed E-state index contributed by atoms with van der Waals surface area (Å²) in [4.78, 5) is 25.1. The van der Waals surface area contributed by atoms with Crippen LogP contribution in [-0.4, -0.2) is 42.1 Å². The molecule has 1 amide bonds. The van der Waals surface area contributed by atoms with Gasteiger partial charge in [0.2, 0.25) is 0 Å². The van der Waals surface area contributed by atoms with Crippen LogP contribution in [0.1, 0.15) is 17.3 Å². The number of nitrogens with zero attached hydrogens (tertiary/aromatic N) is 1. The topological polar surface area (TPSA) is 66.8 Å². The molecular formula is C16H17NO4. The van der Waals surface area contributed by atoms with Gasteiger partial charge in [-0.3, -0.25) is 4.79 Å². The van der Waals surface area contributed by atoms with Gasteiger partial charge in [0.25, 0.3) is 5.91 Å². The van der Waals surface area contributed by atoms with Crippen LogP contribution < -0.4 is 0 Å². The van der Waals surface area contributed by atoms with Crippen molar-refractivity contribution in [3.8, 4) is 5.75 Å². The summed E-state index contributed by atoms with van der Waals surface area (Å²) in [6, 6.07) is 10.4. The van der Waals surface area contributed by atoms with Crippen LogP contribution in [0.15, 0.2) is 36.4 Å². The second kappa shape index (κ2) is 5.83. The van der Waals surface area contributed by atoms with E-state index in [0.717, 1.165) is 5.39 Å². The van der Waals surface area contributed by atoms with Crippen molar-refractivity contribution >= 4 is 22.6 Å². The smallest absolute Gasteiger partial charge is 0.342 e. The summed E-state index contributed by atoms with van der Waals surface area (Å²) in [5.41, 5.74) is 0.0482. The number of aromatic hydroxyl groups is 1. The predicted molar refractivity (Wildman–Crippen MR) is 79.2 cm³/mol. The lowest BCUT2D eigenvalue weighted by atomic mass is 10.1. The van der Waals surface area contributed by atoms with Crippen molar-refractivity contribution in [1.82, 2.24) is 4.90 Å². The number of likely N-dealkylation sites (N-methyl/N-ethyl adjacent to an activating group) is 1. The number of phenols is 1. The van der Waals surface area contributed by atoms with Crippen molar-refractivity contribution in [1.29, 1.82) is 0 Å². The number of hydrogen-bond donors (Lipinski definition) is 1. The number of esters is 1. The normalized spacial score (nSPS) is 12.0. The molecule has 0 heterocycles. The number of ether oxygens (including phenoxy) is 1. The number of rotatable bonds is 3. The summed E-state index contributed by atoms with van der Waals surface area (Å²) in [6.07, 6.45) is -0.904.